The van der Waals surface area contributed by atoms with Gasteiger partial charge in [0.1, 0.15) is 0 Å². The third-order valence-electron chi connectivity index (χ3n) is 2.20. The van der Waals surface area contributed by atoms with Gasteiger partial charge in [0.2, 0.25) is 0 Å². The van der Waals surface area contributed by atoms with Gasteiger partial charge in [0, 0.05) is 0 Å². The van der Waals surface area contributed by atoms with E-state index in [0.29, 0.717) is 24.5 Å². The van der Waals surface area contributed by atoms with Crippen molar-refractivity contribution < 1.29 is 23.2 Å². The van der Waals surface area contributed by atoms with Crippen molar-refractivity contribution in [2.24, 2.45) is 0 Å². The molecule has 0 aromatic rings. The number of hydrogen-bond acceptors (Lipinski definition) is 2. The molecule has 1 fully saturated rings. The standard InChI is InChI=1S/C9H14NO.Ag.H2S/c1-2-9(11)10-8-6-4-3-5-7-8;;/h1-2,8H,3-7H2,(H,10,11);;1H2/q;+1;/p-1. The number of nitrogens with one attached hydrogen (secondary N) is 1. The minimum atomic E-state index is 0.0362. The van der Waals surface area contributed by atoms with E-state index >= 15 is 0 Å². The molecule has 79 valence electrons. The Morgan fingerprint density at radius 1 is 1.38 bits per heavy atom. The first-order chi connectivity index (χ1) is 6.33. The number of amides is 1. The van der Waals surface area contributed by atoms with Gasteiger partial charge in [0.05, 0.1) is 0 Å². The van der Waals surface area contributed by atoms with E-state index < -0.39 is 0 Å². The molecule has 1 N–H and O–H groups in total. The zero-order valence-corrected chi connectivity index (χ0v) is 9.80. The van der Waals surface area contributed by atoms with Crippen molar-refractivity contribution in [2.75, 3.05) is 0 Å². The molecule has 0 aromatic heterocycles. The Balaban J connectivity index is 2.22. The molecule has 13 heavy (non-hydrogen) atoms. The molecule has 4 heteroatoms. The second-order valence-electron chi connectivity index (χ2n) is 3.19. The number of thiol groups is 1. The number of carbonyl (C=O) groups is 1. The fraction of sp³-hybridized carbons (Fsp3) is 0.667. The monoisotopic (exact) mass is 292 g/mol. The van der Waals surface area contributed by atoms with Crippen molar-refractivity contribution >= 4 is 16.0 Å². The van der Waals surface area contributed by atoms with Crippen LogP contribution in [0.2, 0.25) is 0 Å². The molecule has 1 saturated carbocycles. The Kier molecular flexibility index (Phi) is 5.87. The Morgan fingerprint density at radius 2 is 2.08 bits per heavy atom. The Bertz CT molecular complexity index is 190. The van der Waals surface area contributed by atoms with E-state index in [0.717, 1.165) is 12.8 Å². The molecule has 1 aliphatic rings. The van der Waals surface area contributed by atoms with Crippen molar-refractivity contribution in [1.82, 2.24) is 5.32 Å². The summed E-state index contributed by atoms with van der Waals surface area (Å²) < 4.78 is 1.80. The van der Waals surface area contributed by atoms with Crippen LogP contribution in [0.3, 0.4) is 0 Å². The van der Waals surface area contributed by atoms with Gasteiger partial charge in [0.15, 0.2) is 0 Å². The summed E-state index contributed by atoms with van der Waals surface area (Å²) in [6.07, 6.45) is 7.69. The Labute approximate surface area is 92.9 Å². The van der Waals surface area contributed by atoms with Crippen molar-refractivity contribution in [3.05, 3.63) is 10.4 Å². The molecule has 1 amide bonds. The quantitative estimate of drug-likeness (QED) is 0.464. The van der Waals surface area contributed by atoms with Crippen molar-refractivity contribution in [2.45, 2.75) is 38.1 Å². The van der Waals surface area contributed by atoms with Crippen LogP contribution in [0.15, 0.2) is 10.4 Å². The number of rotatable bonds is 3. The molecule has 0 heterocycles. The van der Waals surface area contributed by atoms with Crippen LogP contribution in [0.1, 0.15) is 32.1 Å². The zero-order chi connectivity index (χ0) is 9.52. The fourth-order valence-corrected chi connectivity index (χ4v) is 2.17. The van der Waals surface area contributed by atoms with Crippen LogP contribution in [-0.4, -0.2) is 11.9 Å². The van der Waals surface area contributed by atoms with Gasteiger partial charge in [-0.05, 0) is 0 Å². The third kappa shape index (κ3) is 4.91. The average molecular weight is 293 g/mol. The number of carbonyl (C=O) groups excluding carboxylic acids is 1. The summed E-state index contributed by atoms with van der Waals surface area (Å²) in [6, 6.07) is 0.411. The normalized spacial score (nSPS) is 19.5. The summed E-state index contributed by atoms with van der Waals surface area (Å²) in [6.45, 7) is 0. The second-order valence-corrected chi connectivity index (χ2v) is 4.99. The third-order valence-corrected chi connectivity index (χ3v) is 3.20. The average Bonchev–Trinajstić information content (AvgIpc) is 2.16. The molecule has 2 nitrogen and oxygen atoms in total. The van der Waals surface area contributed by atoms with Gasteiger partial charge in [0.25, 0.3) is 0 Å². The van der Waals surface area contributed by atoms with Crippen molar-refractivity contribution in [3.8, 4) is 0 Å². The SMILES string of the molecule is O=C(C=[CH][Ag][SH])NC1CCCCC1. The summed E-state index contributed by atoms with van der Waals surface area (Å²) in [5.41, 5.74) is 0. The number of hydrogen-bond donors (Lipinski definition) is 2. The first-order valence-electron chi connectivity index (χ1n) is 4.49. The van der Waals surface area contributed by atoms with Gasteiger partial charge in [-0.1, -0.05) is 0 Å². The Morgan fingerprint density at radius 3 is 2.69 bits per heavy atom. The van der Waals surface area contributed by atoms with E-state index in [1.165, 1.54) is 19.3 Å². The predicted octanol–water partition coefficient (Wildman–Crippen LogP) is 1.88. The summed E-state index contributed by atoms with van der Waals surface area (Å²) in [7, 11) is 4.02. The van der Waals surface area contributed by atoms with Crippen LogP contribution in [0.25, 0.3) is 0 Å². The van der Waals surface area contributed by atoms with E-state index in [-0.39, 0.29) is 5.91 Å². The van der Waals surface area contributed by atoms with E-state index in [4.69, 9.17) is 0 Å². The molecular weight excluding hydrogens is 278 g/mol. The first kappa shape index (κ1) is 11.4. The summed E-state index contributed by atoms with van der Waals surface area (Å²) in [5, 5.41) is 3.00. The topological polar surface area (TPSA) is 29.1 Å². The molecule has 0 bridgehead atoms. The summed E-state index contributed by atoms with van der Waals surface area (Å²) in [4.78, 5) is 11.2. The Hall–Kier alpha value is 0.300. The molecule has 0 saturated heterocycles. The molecule has 0 aromatic carbocycles. The van der Waals surface area contributed by atoms with E-state index in [9.17, 15) is 4.79 Å². The van der Waals surface area contributed by atoms with Crippen LogP contribution in [-0.2, 0) is 23.2 Å². The zero-order valence-electron chi connectivity index (χ0n) is 7.42. The fourth-order valence-electron chi connectivity index (χ4n) is 1.56. The summed E-state index contributed by atoms with van der Waals surface area (Å²) >= 11 is 0.399. The summed E-state index contributed by atoms with van der Waals surface area (Å²) in [5.74, 6) is 0.0362. The predicted molar refractivity (Wildman–Crippen MR) is 53.1 cm³/mol. The van der Waals surface area contributed by atoms with E-state index in [1.807, 2.05) is 0 Å². The molecule has 0 aliphatic heterocycles. The first-order valence-corrected chi connectivity index (χ1v) is 7.60. The molecular formula is C9H15AgNOS. The molecule has 1 rings (SSSR count). The van der Waals surface area contributed by atoms with Gasteiger partial charge in [-0.15, -0.1) is 0 Å². The van der Waals surface area contributed by atoms with Gasteiger partial charge < -0.3 is 0 Å². The van der Waals surface area contributed by atoms with Gasteiger partial charge in [-0.2, -0.15) is 0 Å². The van der Waals surface area contributed by atoms with Crippen LogP contribution in [0.5, 0.6) is 0 Å². The molecule has 1 aliphatic carbocycles. The van der Waals surface area contributed by atoms with Crippen LogP contribution in [0.4, 0.5) is 0 Å². The molecule has 0 unspecified atom stereocenters. The minimum absolute atomic E-state index is 0.0362. The van der Waals surface area contributed by atoms with Crippen LogP contribution in [0, 0.1) is 0 Å². The second kappa shape index (κ2) is 6.71. The van der Waals surface area contributed by atoms with Crippen LogP contribution < -0.4 is 5.32 Å². The van der Waals surface area contributed by atoms with Crippen molar-refractivity contribution in [3.63, 3.8) is 0 Å². The molecule has 0 radical (unpaired) electrons. The van der Waals surface area contributed by atoms with Gasteiger partial charge >= 0.3 is 93.1 Å². The molecule has 0 atom stereocenters. The van der Waals surface area contributed by atoms with Gasteiger partial charge in [-0.25, -0.2) is 0 Å². The maximum absolute atomic E-state index is 11.2. The van der Waals surface area contributed by atoms with Gasteiger partial charge in [-0.3, -0.25) is 0 Å². The molecule has 0 spiro atoms. The van der Waals surface area contributed by atoms with Crippen molar-refractivity contribution in [1.29, 1.82) is 0 Å². The van der Waals surface area contributed by atoms with E-state index in [1.54, 1.807) is 10.4 Å². The van der Waals surface area contributed by atoms with Crippen LogP contribution >= 0.6 is 10.1 Å². The maximum atomic E-state index is 11.2. The van der Waals surface area contributed by atoms with E-state index in [2.05, 4.69) is 15.4 Å².